The van der Waals surface area contributed by atoms with Gasteiger partial charge in [-0.1, -0.05) is 0 Å². The Morgan fingerprint density at radius 2 is 2.17 bits per heavy atom. The zero-order valence-corrected chi connectivity index (χ0v) is 10.5. The van der Waals surface area contributed by atoms with E-state index in [1.165, 1.54) is 0 Å². The van der Waals surface area contributed by atoms with Gasteiger partial charge < -0.3 is 19.9 Å². The Bertz CT molecular complexity index is 371. The Hall–Kier alpha value is -1.66. The molecular weight excluding hydrogens is 234 g/mol. The molecule has 0 aliphatic heterocycles. The van der Waals surface area contributed by atoms with Crippen LogP contribution >= 0.6 is 0 Å². The van der Waals surface area contributed by atoms with Gasteiger partial charge in [0.25, 0.3) is 0 Å². The smallest absolute Gasteiger partial charge is 0.148 e. The Morgan fingerprint density at radius 1 is 1.33 bits per heavy atom. The zero-order valence-electron chi connectivity index (χ0n) is 10.5. The number of nitrogens with zero attached hydrogens (tertiary/aromatic N) is 1. The second kappa shape index (κ2) is 8.43. The maximum absolute atomic E-state index is 7.40. The molecule has 18 heavy (non-hydrogen) atoms. The van der Waals surface area contributed by atoms with E-state index in [1.807, 2.05) is 0 Å². The van der Waals surface area contributed by atoms with Gasteiger partial charge in [0.05, 0.1) is 31.6 Å². The van der Waals surface area contributed by atoms with Crippen molar-refractivity contribution in [2.45, 2.75) is 6.42 Å². The summed E-state index contributed by atoms with van der Waals surface area (Å²) in [5, 5.41) is 7.40. The number of rotatable bonds is 9. The summed E-state index contributed by atoms with van der Waals surface area (Å²) in [5.41, 5.74) is 6.00. The van der Waals surface area contributed by atoms with E-state index < -0.39 is 0 Å². The quantitative estimate of drug-likeness (QED) is 0.386. The average molecular weight is 253 g/mol. The second-order valence-corrected chi connectivity index (χ2v) is 3.59. The Labute approximate surface area is 107 Å². The van der Waals surface area contributed by atoms with Crippen LogP contribution in [0.5, 0.6) is 5.75 Å². The summed E-state index contributed by atoms with van der Waals surface area (Å²) >= 11 is 0. The molecule has 6 nitrogen and oxygen atoms in total. The molecule has 0 saturated heterocycles. The average Bonchev–Trinajstić information content (AvgIpc) is 2.38. The van der Waals surface area contributed by atoms with Crippen molar-refractivity contribution < 1.29 is 14.2 Å². The summed E-state index contributed by atoms with van der Waals surface area (Å²) in [6.07, 6.45) is 3.90. The van der Waals surface area contributed by atoms with Crippen molar-refractivity contribution in [3.63, 3.8) is 0 Å². The van der Waals surface area contributed by atoms with Crippen molar-refractivity contribution in [1.29, 1.82) is 5.41 Å². The lowest BCUT2D eigenvalue weighted by molar-refractivity contribution is 0.0644. The summed E-state index contributed by atoms with van der Waals surface area (Å²) < 4.78 is 15.7. The van der Waals surface area contributed by atoms with Gasteiger partial charge >= 0.3 is 0 Å². The third kappa shape index (κ3) is 5.11. The lowest BCUT2D eigenvalue weighted by Gasteiger charge is -2.09. The molecular formula is C12H19N3O3. The first kappa shape index (κ1) is 14.4. The number of hydrogen-bond acceptors (Lipinski definition) is 5. The van der Waals surface area contributed by atoms with Gasteiger partial charge in [0.15, 0.2) is 0 Å². The van der Waals surface area contributed by atoms with Crippen LogP contribution in [0.2, 0.25) is 0 Å². The molecule has 0 atom stereocenters. The lowest BCUT2D eigenvalue weighted by atomic mass is 10.2. The van der Waals surface area contributed by atoms with E-state index in [-0.39, 0.29) is 5.84 Å². The molecule has 0 aliphatic carbocycles. The molecule has 0 saturated carbocycles. The molecule has 0 unspecified atom stereocenters. The van der Waals surface area contributed by atoms with Gasteiger partial charge in [0, 0.05) is 26.3 Å². The van der Waals surface area contributed by atoms with E-state index in [4.69, 9.17) is 25.4 Å². The molecule has 1 aromatic heterocycles. The topological polar surface area (TPSA) is 90.5 Å². The predicted molar refractivity (Wildman–Crippen MR) is 68.1 cm³/mol. The number of nitrogens with two attached hydrogens (primary N) is 1. The molecule has 0 bridgehead atoms. The largest absolute Gasteiger partial charge is 0.491 e. The summed E-state index contributed by atoms with van der Waals surface area (Å²) in [6, 6.07) is 1.66. The van der Waals surface area contributed by atoms with Crippen LogP contribution in [0.25, 0.3) is 0 Å². The maximum Gasteiger partial charge on any atom is 0.148 e. The fraction of sp³-hybridized carbons (Fsp3) is 0.500. The molecule has 0 fully saturated rings. The third-order valence-corrected chi connectivity index (χ3v) is 2.20. The monoisotopic (exact) mass is 253 g/mol. The molecule has 0 aromatic carbocycles. The summed E-state index contributed by atoms with van der Waals surface area (Å²) in [6.45, 7) is 2.29. The molecule has 0 amide bonds. The van der Waals surface area contributed by atoms with E-state index in [0.717, 1.165) is 6.42 Å². The van der Waals surface area contributed by atoms with Crippen LogP contribution in [-0.2, 0) is 9.47 Å². The molecule has 0 spiro atoms. The van der Waals surface area contributed by atoms with Crippen LogP contribution < -0.4 is 10.5 Å². The molecule has 0 aliphatic rings. The number of ether oxygens (including phenoxy) is 3. The molecule has 1 rings (SSSR count). The normalized spacial score (nSPS) is 10.3. The van der Waals surface area contributed by atoms with E-state index in [2.05, 4.69) is 4.98 Å². The van der Waals surface area contributed by atoms with Crippen molar-refractivity contribution >= 4 is 5.84 Å². The van der Waals surface area contributed by atoms with Crippen LogP contribution in [0.1, 0.15) is 12.0 Å². The van der Waals surface area contributed by atoms with Crippen molar-refractivity contribution in [2.24, 2.45) is 5.73 Å². The highest BCUT2D eigenvalue weighted by Gasteiger charge is 2.05. The van der Waals surface area contributed by atoms with Crippen molar-refractivity contribution in [1.82, 2.24) is 4.98 Å². The third-order valence-electron chi connectivity index (χ3n) is 2.20. The van der Waals surface area contributed by atoms with Gasteiger partial charge in [-0.25, -0.2) is 0 Å². The van der Waals surface area contributed by atoms with E-state index in [9.17, 15) is 0 Å². The number of methoxy groups -OCH3 is 1. The van der Waals surface area contributed by atoms with Crippen molar-refractivity contribution in [3.8, 4) is 5.75 Å². The molecule has 6 heteroatoms. The lowest BCUT2D eigenvalue weighted by Crippen LogP contribution is -2.14. The first-order chi connectivity index (χ1) is 8.75. The summed E-state index contributed by atoms with van der Waals surface area (Å²) in [4.78, 5) is 3.94. The second-order valence-electron chi connectivity index (χ2n) is 3.59. The standard InChI is InChI=1S/C12H19N3O3/c1-16-7-8-17-5-2-6-18-11-9-15-4-3-10(11)12(13)14/h3-4,9H,2,5-8H2,1H3,(H3,13,14). The van der Waals surface area contributed by atoms with Gasteiger partial charge in [-0.2, -0.15) is 0 Å². The zero-order chi connectivity index (χ0) is 13.2. The van der Waals surface area contributed by atoms with E-state index in [1.54, 1.807) is 25.6 Å². The number of nitrogens with one attached hydrogen (secondary N) is 1. The minimum Gasteiger partial charge on any atom is -0.491 e. The highest BCUT2D eigenvalue weighted by Crippen LogP contribution is 2.15. The van der Waals surface area contributed by atoms with Crippen molar-refractivity contribution in [2.75, 3.05) is 33.5 Å². The summed E-state index contributed by atoms with van der Waals surface area (Å²) in [7, 11) is 1.64. The Kier molecular flexibility index (Phi) is 6.75. The summed E-state index contributed by atoms with van der Waals surface area (Å²) in [5.74, 6) is 0.505. The van der Waals surface area contributed by atoms with Crippen LogP contribution in [0.15, 0.2) is 18.5 Å². The Morgan fingerprint density at radius 3 is 2.89 bits per heavy atom. The minimum atomic E-state index is -0.0243. The number of hydrogen-bond donors (Lipinski definition) is 2. The molecule has 1 aromatic rings. The maximum atomic E-state index is 7.40. The van der Waals surface area contributed by atoms with Crippen molar-refractivity contribution in [3.05, 3.63) is 24.0 Å². The number of pyridine rings is 1. The minimum absolute atomic E-state index is 0.0243. The van der Waals surface area contributed by atoms with Crippen LogP contribution in [-0.4, -0.2) is 44.4 Å². The number of nitrogen functional groups attached to an aromatic ring is 1. The van der Waals surface area contributed by atoms with Gasteiger partial charge in [-0.15, -0.1) is 0 Å². The molecule has 1 heterocycles. The van der Waals surface area contributed by atoms with Gasteiger partial charge in [0.2, 0.25) is 0 Å². The van der Waals surface area contributed by atoms with E-state index in [0.29, 0.717) is 37.7 Å². The SMILES string of the molecule is COCCOCCCOc1cnccc1C(=N)N. The van der Waals surface area contributed by atoms with Crippen LogP contribution in [0.4, 0.5) is 0 Å². The fourth-order valence-corrected chi connectivity index (χ4v) is 1.30. The van der Waals surface area contributed by atoms with Gasteiger partial charge in [-0.05, 0) is 6.07 Å². The van der Waals surface area contributed by atoms with Gasteiger partial charge in [0.1, 0.15) is 11.6 Å². The van der Waals surface area contributed by atoms with Crippen LogP contribution in [0.3, 0.4) is 0 Å². The van der Waals surface area contributed by atoms with Gasteiger partial charge in [-0.3, -0.25) is 10.4 Å². The first-order valence-corrected chi connectivity index (χ1v) is 5.73. The number of amidine groups is 1. The first-order valence-electron chi connectivity index (χ1n) is 5.73. The molecule has 0 radical (unpaired) electrons. The molecule has 100 valence electrons. The van der Waals surface area contributed by atoms with E-state index >= 15 is 0 Å². The Balaban J connectivity index is 2.25. The highest BCUT2D eigenvalue weighted by atomic mass is 16.5. The van der Waals surface area contributed by atoms with Crippen LogP contribution in [0, 0.1) is 5.41 Å². The molecule has 3 N–H and O–H groups in total. The predicted octanol–water partition coefficient (Wildman–Crippen LogP) is 0.798. The number of aromatic nitrogens is 1. The highest BCUT2D eigenvalue weighted by molar-refractivity contribution is 5.97. The fourth-order valence-electron chi connectivity index (χ4n) is 1.30.